The summed E-state index contributed by atoms with van der Waals surface area (Å²) < 4.78 is 36.3. The molecule has 0 saturated heterocycles. The molecule has 3 nitrogen and oxygen atoms in total. The number of hydrogen-bond donors (Lipinski definition) is 2. The molecule has 0 radical (unpaired) electrons. The summed E-state index contributed by atoms with van der Waals surface area (Å²) in [7, 11) is 0. The molecule has 1 unspecified atom stereocenters. The van der Waals surface area contributed by atoms with Gasteiger partial charge in [-0.15, -0.1) is 0 Å². The monoisotopic (exact) mass is 222 g/mol. The quantitative estimate of drug-likeness (QED) is 0.747. The fraction of sp³-hybridized carbons (Fsp3) is 0.889. The minimum Gasteiger partial charge on any atom is -0.393 e. The Labute approximate surface area is 85.9 Å². The van der Waals surface area contributed by atoms with Gasteiger partial charge in [0.15, 0.2) is 5.92 Å². The van der Waals surface area contributed by atoms with Crippen LogP contribution in [0.4, 0.5) is 13.2 Å². The molecule has 0 aromatic heterocycles. The van der Waals surface area contributed by atoms with Gasteiger partial charge in [-0.1, -0.05) is 0 Å². The van der Waals surface area contributed by atoms with Crippen LogP contribution in [0.3, 0.4) is 0 Å². The van der Waals surface area contributed by atoms with Crippen molar-refractivity contribution in [2.75, 3.05) is 13.1 Å². The summed E-state index contributed by atoms with van der Waals surface area (Å²) in [5.74, 6) is -1.70. The Morgan fingerprint density at radius 1 is 1.47 bits per heavy atom. The number of halogens is 3. The van der Waals surface area contributed by atoms with Crippen LogP contribution in [0, 0.1) is 23.2 Å². The van der Waals surface area contributed by atoms with Gasteiger partial charge in [0.1, 0.15) is 0 Å². The van der Waals surface area contributed by atoms with Crippen LogP contribution < -0.4 is 5.32 Å². The molecule has 6 heteroatoms. The summed E-state index contributed by atoms with van der Waals surface area (Å²) in [5.41, 5.74) is 0. The van der Waals surface area contributed by atoms with Gasteiger partial charge in [0, 0.05) is 6.54 Å². The molecule has 1 atom stereocenters. The van der Waals surface area contributed by atoms with E-state index >= 15 is 0 Å². The number of hydrogen-bond acceptors (Lipinski definition) is 3. The molecule has 0 aromatic rings. The predicted octanol–water partition coefficient (Wildman–Crippen LogP) is 1.05. The zero-order valence-electron chi connectivity index (χ0n) is 8.09. The molecule has 1 aliphatic rings. The Bertz CT molecular complexity index is 243. The number of nitrogens with one attached hydrogen (secondary N) is 1. The van der Waals surface area contributed by atoms with Crippen LogP contribution in [0.15, 0.2) is 0 Å². The van der Waals surface area contributed by atoms with Gasteiger partial charge in [-0.25, -0.2) is 0 Å². The molecule has 0 aliphatic heterocycles. The summed E-state index contributed by atoms with van der Waals surface area (Å²) in [5, 5.41) is 19.8. The van der Waals surface area contributed by atoms with Crippen molar-refractivity contribution in [2.45, 2.75) is 25.1 Å². The third-order valence-corrected chi connectivity index (χ3v) is 2.54. The summed E-state index contributed by atoms with van der Waals surface area (Å²) >= 11 is 0. The molecule has 1 aliphatic carbocycles. The first-order valence-corrected chi connectivity index (χ1v) is 4.78. The number of nitriles is 1. The molecule has 0 bridgehead atoms. The van der Waals surface area contributed by atoms with Gasteiger partial charge in [0.05, 0.1) is 12.2 Å². The second-order valence-corrected chi connectivity index (χ2v) is 3.87. The number of alkyl halides is 3. The van der Waals surface area contributed by atoms with Crippen LogP contribution in [0.25, 0.3) is 0 Å². The summed E-state index contributed by atoms with van der Waals surface area (Å²) in [6.07, 6.45) is -3.49. The molecule has 1 saturated carbocycles. The first kappa shape index (κ1) is 12.3. The molecule has 2 N–H and O–H groups in total. The molecule has 1 fully saturated rings. The number of aliphatic hydroxyl groups is 1. The standard InChI is InChI=1S/C9H13F3N2O/c10-9(11,12)7(3-13)5-14-4-6-1-8(15)2-6/h6-8,14-15H,1-2,4-5H2. The van der Waals surface area contributed by atoms with Crippen molar-refractivity contribution in [1.29, 1.82) is 5.26 Å². The van der Waals surface area contributed by atoms with Crippen molar-refractivity contribution in [3.63, 3.8) is 0 Å². The van der Waals surface area contributed by atoms with Crippen LogP contribution in [-0.4, -0.2) is 30.5 Å². The fourth-order valence-corrected chi connectivity index (χ4v) is 1.53. The largest absolute Gasteiger partial charge is 0.405 e. The van der Waals surface area contributed by atoms with Crippen LogP contribution in [-0.2, 0) is 0 Å². The molecule has 15 heavy (non-hydrogen) atoms. The highest BCUT2D eigenvalue weighted by molar-refractivity contribution is 4.90. The Hall–Kier alpha value is -0.800. The van der Waals surface area contributed by atoms with Gasteiger partial charge in [-0.2, -0.15) is 18.4 Å². The van der Waals surface area contributed by atoms with Crippen molar-refractivity contribution in [3.8, 4) is 6.07 Å². The van der Waals surface area contributed by atoms with E-state index in [1.807, 2.05) is 0 Å². The third-order valence-electron chi connectivity index (χ3n) is 2.54. The smallest absolute Gasteiger partial charge is 0.393 e. The van der Waals surface area contributed by atoms with E-state index in [1.165, 1.54) is 6.07 Å². The lowest BCUT2D eigenvalue weighted by Gasteiger charge is -2.31. The fourth-order valence-electron chi connectivity index (χ4n) is 1.53. The van der Waals surface area contributed by atoms with Crippen molar-refractivity contribution >= 4 is 0 Å². The maximum absolute atomic E-state index is 12.1. The Morgan fingerprint density at radius 2 is 2.07 bits per heavy atom. The minimum absolute atomic E-state index is 0.243. The van der Waals surface area contributed by atoms with Gasteiger partial charge in [-0.05, 0) is 25.3 Å². The van der Waals surface area contributed by atoms with Crippen LogP contribution in [0.5, 0.6) is 0 Å². The van der Waals surface area contributed by atoms with Gasteiger partial charge in [-0.3, -0.25) is 0 Å². The first-order valence-electron chi connectivity index (χ1n) is 4.78. The highest BCUT2D eigenvalue weighted by Crippen LogP contribution is 2.27. The number of nitrogens with zero attached hydrogens (tertiary/aromatic N) is 1. The lowest BCUT2D eigenvalue weighted by molar-refractivity contribution is -0.157. The van der Waals surface area contributed by atoms with E-state index < -0.39 is 12.1 Å². The first-order chi connectivity index (χ1) is 6.93. The van der Waals surface area contributed by atoms with E-state index in [9.17, 15) is 13.2 Å². The van der Waals surface area contributed by atoms with Crippen molar-refractivity contribution in [1.82, 2.24) is 5.32 Å². The van der Waals surface area contributed by atoms with E-state index in [0.717, 1.165) is 0 Å². The van der Waals surface area contributed by atoms with Crippen LogP contribution in [0.1, 0.15) is 12.8 Å². The van der Waals surface area contributed by atoms with Crippen molar-refractivity contribution in [2.24, 2.45) is 11.8 Å². The van der Waals surface area contributed by atoms with Crippen molar-refractivity contribution in [3.05, 3.63) is 0 Å². The molecule has 0 heterocycles. The van der Waals surface area contributed by atoms with Gasteiger partial charge >= 0.3 is 6.18 Å². The lowest BCUT2D eigenvalue weighted by Crippen LogP contribution is -2.39. The van der Waals surface area contributed by atoms with Gasteiger partial charge in [0.2, 0.25) is 0 Å². The third kappa shape index (κ3) is 3.68. The lowest BCUT2D eigenvalue weighted by atomic mass is 9.82. The predicted molar refractivity (Wildman–Crippen MR) is 46.8 cm³/mol. The molecule has 0 spiro atoms. The zero-order valence-corrected chi connectivity index (χ0v) is 8.09. The zero-order chi connectivity index (χ0) is 11.5. The maximum Gasteiger partial charge on any atom is 0.405 e. The Morgan fingerprint density at radius 3 is 2.47 bits per heavy atom. The highest BCUT2D eigenvalue weighted by Gasteiger charge is 2.39. The van der Waals surface area contributed by atoms with Gasteiger partial charge in [0.25, 0.3) is 0 Å². The second-order valence-electron chi connectivity index (χ2n) is 3.87. The highest BCUT2D eigenvalue weighted by atomic mass is 19.4. The summed E-state index contributed by atoms with van der Waals surface area (Å²) in [4.78, 5) is 0. The molecule has 0 aromatic carbocycles. The van der Waals surface area contributed by atoms with E-state index in [1.54, 1.807) is 0 Å². The summed E-state index contributed by atoms with van der Waals surface area (Å²) in [6, 6.07) is 1.22. The normalized spacial score (nSPS) is 27.9. The number of rotatable bonds is 4. The molecular formula is C9H13F3N2O. The van der Waals surface area contributed by atoms with E-state index in [2.05, 4.69) is 5.32 Å². The van der Waals surface area contributed by atoms with E-state index in [4.69, 9.17) is 10.4 Å². The SMILES string of the molecule is N#CC(CNCC1CC(O)C1)C(F)(F)F. The van der Waals surface area contributed by atoms with Crippen LogP contribution >= 0.6 is 0 Å². The Balaban J connectivity index is 2.16. The molecule has 0 amide bonds. The molecule has 86 valence electrons. The molecule has 1 rings (SSSR count). The van der Waals surface area contributed by atoms with Gasteiger partial charge < -0.3 is 10.4 Å². The minimum atomic E-state index is -4.46. The number of aliphatic hydroxyl groups excluding tert-OH is 1. The molecular weight excluding hydrogens is 209 g/mol. The summed E-state index contributed by atoms with van der Waals surface area (Å²) in [6.45, 7) is 0.0674. The Kier molecular flexibility index (Phi) is 3.94. The van der Waals surface area contributed by atoms with E-state index in [-0.39, 0.29) is 18.6 Å². The average molecular weight is 222 g/mol. The van der Waals surface area contributed by atoms with Crippen molar-refractivity contribution < 1.29 is 18.3 Å². The average Bonchev–Trinajstić information content (AvgIpc) is 2.06. The van der Waals surface area contributed by atoms with E-state index in [0.29, 0.717) is 19.4 Å². The van der Waals surface area contributed by atoms with Crippen LogP contribution in [0.2, 0.25) is 0 Å². The second kappa shape index (κ2) is 4.81. The maximum atomic E-state index is 12.1. The topological polar surface area (TPSA) is 56.0 Å².